The van der Waals surface area contributed by atoms with Gasteiger partial charge in [-0.1, -0.05) is 6.07 Å². The highest BCUT2D eigenvalue weighted by Crippen LogP contribution is 2.31. The summed E-state index contributed by atoms with van der Waals surface area (Å²) in [5.41, 5.74) is 2.52. The van der Waals surface area contributed by atoms with E-state index >= 15 is 0 Å². The summed E-state index contributed by atoms with van der Waals surface area (Å²) in [6, 6.07) is 11.4. The molecule has 0 spiro atoms. The van der Waals surface area contributed by atoms with Crippen molar-refractivity contribution in [2.45, 2.75) is 97.2 Å². The number of anilines is 2. The summed E-state index contributed by atoms with van der Waals surface area (Å²) in [5.74, 6) is 2.06. The highest BCUT2D eigenvalue weighted by molar-refractivity contribution is 5.68. The number of ether oxygens (including phenoxy) is 4. The summed E-state index contributed by atoms with van der Waals surface area (Å²) in [4.78, 5) is 21.2. The first-order valence-electron chi connectivity index (χ1n) is 17.1. The lowest BCUT2D eigenvalue weighted by atomic mass is 9.82. The van der Waals surface area contributed by atoms with E-state index in [0.29, 0.717) is 44.3 Å². The third-order valence-electron chi connectivity index (χ3n) is 9.06. The number of hydrogen-bond acceptors (Lipinski definition) is 14. The minimum atomic E-state index is -0.774. The SMILES string of the molecule is CCOC(=O)O[C@H](C)n1nnnc1COC[C@@H](C)N[C@H]1CC[C@H](Nc2cc(-c3cccc(NCC4(C#N)CCOCC4)n3)c(C)cn2)CC1. The van der Waals surface area contributed by atoms with Crippen LogP contribution in [-0.4, -0.2) is 87.4 Å². The van der Waals surface area contributed by atoms with Gasteiger partial charge in [-0.05, 0) is 100 Å². The number of tetrazole rings is 1. The van der Waals surface area contributed by atoms with Crippen molar-refractivity contribution in [2.24, 2.45) is 5.41 Å². The number of nitrogens with one attached hydrogen (secondary N) is 3. The molecule has 1 aliphatic heterocycles. The molecule has 3 N–H and O–H groups in total. The molecular formula is C34H48N10O5. The minimum absolute atomic E-state index is 0.133. The monoisotopic (exact) mass is 676 g/mol. The minimum Gasteiger partial charge on any atom is -0.435 e. The molecule has 2 fully saturated rings. The van der Waals surface area contributed by atoms with Crippen molar-refractivity contribution in [1.29, 1.82) is 5.26 Å². The van der Waals surface area contributed by atoms with Crippen LogP contribution >= 0.6 is 0 Å². The second-order valence-corrected chi connectivity index (χ2v) is 12.9. The van der Waals surface area contributed by atoms with Crippen molar-refractivity contribution in [2.75, 3.05) is 43.6 Å². The Bertz CT molecular complexity index is 1550. The standard InChI is InChI=1S/C34H48N10O5/c1-5-48-33(45)49-25(4)44-32(41-42-43-44)20-47-19-24(3)38-26-9-11-27(12-10-26)39-31-17-28(23(2)18-36-31)29-7-6-8-30(40-29)37-22-34(21-35)13-15-46-16-14-34/h6-8,17-18,24-27,38H,5,9-16,19-20,22H2,1-4H3,(H,36,39)(H,37,40)/t24-,25-,26-,27-/m1/s1. The second-order valence-electron chi connectivity index (χ2n) is 12.9. The van der Waals surface area contributed by atoms with Gasteiger partial charge in [-0.3, -0.25) is 0 Å². The van der Waals surface area contributed by atoms with Crippen LogP contribution in [0, 0.1) is 23.7 Å². The number of nitriles is 1. The summed E-state index contributed by atoms with van der Waals surface area (Å²) in [7, 11) is 0. The molecule has 3 aromatic rings. The molecule has 15 nitrogen and oxygen atoms in total. The first kappa shape index (κ1) is 35.9. The lowest BCUT2D eigenvalue weighted by molar-refractivity contribution is -0.00389. The Morgan fingerprint density at radius 3 is 2.69 bits per heavy atom. The molecule has 0 aromatic carbocycles. The van der Waals surface area contributed by atoms with Crippen molar-refractivity contribution in [3.05, 3.63) is 41.9 Å². The maximum Gasteiger partial charge on any atom is 0.510 e. The molecular weight excluding hydrogens is 628 g/mol. The van der Waals surface area contributed by atoms with Gasteiger partial charge in [0.05, 0.1) is 30.4 Å². The zero-order chi connectivity index (χ0) is 34.6. The number of hydrogen-bond donors (Lipinski definition) is 3. The van der Waals surface area contributed by atoms with Crippen LogP contribution in [0.4, 0.5) is 16.4 Å². The van der Waals surface area contributed by atoms with Crippen molar-refractivity contribution in [1.82, 2.24) is 35.5 Å². The van der Waals surface area contributed by atoms with E-state index in [1.54, 1.807) is 13.8 Å². The van der Waals surface area contributed by atoms with Crippen molar-refractivity contribution >= 4 is 17.8 Å². The largest absolute Gasteiger partial charge is 0.510 e. The van der Waals surface area contributed by atoms with E-state index in [-0.39, 0.29) is 19.3 Å². The fourth-order valence-electron chi connectivity index (χ4n) is 6.23. The summed E-state index contributed by atoms with van der Waals surface area (Å²) in [6.07, 6.45) is 5.96. The summed E-state index contributed by atoms with van der Waals surface area (Å²) >= 11 is 0. The Kier molecular flexibility index (Phi) is 12.7. The van der Waals surface area contributed by atoms with E-state index < -0.39 is 17.8 Å². The number of rotatable bonds is 15. The molecule has 4 heterocycles. The molecule has 49 heavy (non-hydrogen) atoms. The van der Waals surface area contributed by atoms with E-state index in [4.69, 9.17) is 23.9 Å². The molecule has 0 bridgehead atoms. The highest BCUT2D eigenvalue weighted by atomic mass is 16.7. The maximum atomic E-state index is 11.6. The summed E-state index contributed by atoms with van der Waals surface area (Å²) in [6.45, 7) is 10.2. The predicted molar refractivity (Wildman–Crippen MR) is 181 cm³/mol. The second kappa shape index (κ2) is 17.3. The molecule has 0 unspecified atom stereocenters. The first-order valence-corrected chi connectivity index (χ1v) is 17.1. The van der Waals surface area contributed by atoms with E-state index in [0.717, 1.165) is 67.0 Å². The first-order chi connectivity index (χ1) is 23.8. The third kappa shape index (κ3) is 10.1. The van der Waals surface area contributed by atoms with Crippen LogP contribution < -0.4 is 16.0 Å². The molecule has 2 atom stereocenters. The van der Waals surface area contributed by atoms with Gasteiger partial charge >= 0.3 is 6.16 Å². The normalized spacial score (nSPS) is 20.1. The van der Waals surface area contributed by atoms with Crippen LogP contribution in [0.15, 0.2) is 30.5 Å². The average molecular weight is 677 g/mol. The molecule has 5 rings (SSSR count). The van der Waals surface area contributed by atoms with Crippen LogP contribution in [0.2, 0.25) is 0 Å². The molecule has 264 valence electrons. The van der Waals surface area contributed by atoms with Crippen molar-refractivity contribution in [3.63, 3.8) is 0 Å². The fraction of sp³-hybridized carbons (Fsp3) is 0.618. The van der Waals surface area contributed by atoms with Gasteiger partial charge in [0.15, 0.2) is 12.1 Å². The van der Waals surface area contributed by atoms with Crippen LogP contribution in [0.5, 0.6) is 0 Å². The van der Waals surface area contributed by atoms with Crippen LogP contribution in [0.25, 0.3) is 11.3 Å². The van der Waals surface area contributed by atoms with Gasteiger partial charge in [0.1, 0.15) is 18.2 Å². The highest BCUT2D eigenvalue weighted by Gasteiger charge is 2.32. The zero-order valence-electron chi connectivity index (χ0n) is 28.9. The molecule has 15 heteroatoms. The summed E-state index contributed by atoms with van der Waals surface area (Å²) < 4.78 is 22.8. The molecule has 1 saturated heterocycles. The van der Waals surface area contributed by atoms with Gasteiger partial charge in [-0.2, -0.15) is 9.94 Å². The lowest BCUT2D eigenvalue weighted by Crippen LogP contribution is -2.43. The Hall–Kier alpha value is -4.39. The molecule has 1 saturated carbocycles. The van der Waals surface area contributed by atoms with Crippen molar-refractivity contribution in [3.8, 4) is 17.3 Å². The van der Waals surface area contributed by atoms with E-state index in [1.807, 2.05) is 31.3 Å². The van der Waals surface area contributed by atoms with Gasteiger partial charge < -0.3 is 34.9 Å². The van der Waals surface area contributed by atoms with E-state index in [2.05, 4.69) is 55.5 Å². The molecule has 1 aliphatic carbocycles. The quantitative estimate of drug-likeness (QED) is 0.187. The van der Waals surface area contributed by atoms with Crippen LogP contribution in [0.1, 0.15) is 76.9 Å². The average Bonchev–Trinajstić information content (AvgIpc) is 3.58. The number of nitrogens with zero attached hydrogens (tertiary/aromatic N) is 7. The lowest BCUT2D eigenvalue weighted by Gasteiger charge is -2.32. The Labute approximate surface area is 287 Å². The van der Waals surface area contributed by atoms with E-state index in [9.17, 15) is 10.1 Å². The van der Waals surface area contributed by atoms with Gasteiger partial charge in [-0.25, -0.2) is 14.8 Å². The maximum absolute atomic E-state index is 11.6. The predicted octanol–water partition coefficient (Wildman–Crippen LogP) is 4.78. The van der Waals surface area contributed by atoms with Gasteiger partial charge in [0.2, 0.25) is 0 Å². The number of carbonyl (C=O) groups is 1. The van der Waals surface area contributed by atoms with Crippen LogP contribution in [-0.2, 0) is 25.6 Å². The molecule has 0 amide bonds. The summed E-state index contributed by atoms with van der Waals surface area (Å²) in [5, 5.41) is 32.2. The Balaban J connectivity index is 1.06. The molecule has 2 aliphatic rings. The number of aromatic nitrogens is 6. The Morgan fingerprint density at radius 1 is 1.16 bits per heavy atom. The third-order valence-corrected chi connectivity index (χ3v) is 9.06. The topological polar surface area (TPSA) is 183 Å². The number of aryl methyl sites for hydroxylation is 1. The number of pyridine rings is 2. The van der Waals surface area contributed by atoms with Crippen LogP contribution in [0.3, 0.4) is 0 Å². The zero-order valence-corrected chi connectivity index (χ0v) is 28.9. The molecule has 0 radical (unpaired) electrons. The fourth-order valence-corrected chi connectivity index (χ4v) is 6.23. The van der Waals surface area contributed by atoms with Gasteiger partial charge in [0.25, 0.3) is 0 Å². The smallest absolute Gasteiger partial charge is 0.435 e. The van der Waals surface area contributed by atoms with Crippen molar-refractivity contribution < 1.29 is 23.7 Å². The number of carbonyl (C=O) groups excluding carboxylic acids is 1. The Morgan fingerprint density at radius 2 is 1.94 bits per heavy atom. The van der Waals surface area contributed by atoms with E-state index in [1.165, 1.54) is 4.68 Å². The van der Waals surface area contributed by atoms with Gasteiger partial charge in [-0.15, -0.1) is 5.10 Å². The molecule has 3 aromatic heterocycles. The van der Waals surface area contributed by atoms with Gasteiger partial charge in [0, 0.05) is 49.6 Å².